The Kier molecular flexibility index (Phi) is 2.98. The number of nitrogens with one attached hydrogen (secondary N) is 1. The second-order valence-electron chi connectivity index (χ2n) is 3.93. The Bertz CT molecular complexity index is 147. The maximum atomic E-state index is 6.29. The lowest BCUT2D eigenvalue weighted by Gasteiger charge is -2.42. The van der Waals surface area contributed by atoms with Crippen LogP contribution in [0.5, 0.6) is 0 Å². The van der Waals surface area contributed by atoms with Crippen molar-refractivity contribution in [3.8, 4) is 0 Å². The summed E-state index contributed by atoms with van der Waals surface area (Å²) in [6.45, 7) is 2.30. The fourth-order valence-electron chi connectivity index (χ4n) is 2.49. The molecular formula is C9H15BrClN. The van der Waals surface area contributed by atoms with E-state index in [9.17, 15) is 0 Å². The van der Waals surface area contributed by atoms with Crippen molar-refractivity contribution in [2.75, 3.05) is 13.1 Å². The second-order valence-corrected chi connectivity index (χ2v) is 5.67. The summed E-state index contributed by atoms with van der Waals surface area (Å²) in [5, 5.41) is 3.84. The minimum atomic E-state index is 0.414. The van der Waals surface area contributed by atoms with Crippen LogP contribution in [0.3, 0.4) is 0 Å². The smallest absolute Gasteiger partial charge is 0.0379 e. The van der Waals surface area contributed by atoms with E-state index in [4.69, 9.17) is 11.6 Å². The van der Waals surface area contributed by atoms with E-state index in [1.165, 1.54) is 25.8 Å². The molecule has 2 aliphatic rings. The molecule has 0 bridgehead atoms. The first-order chi connectivity index (χ1) is 5.79. The molecule has 2 fully saturated rings. The minimum Gasteiger partial charge on any atom is -0.316 e. The number of rotatable bonds is 0. The van der Waals surface area contributed by atoms with Crippen molar-refractivity contribution >= 4 is 27.5 Å². The minimum absolute atomic E-state index is 0.414. The monoisotopic (exact) mass is 251 g/mol. The Morgan fingerprint density at radius 1 is 1.17 bits per heavy atom. The van der Waals surface area contributed by atoms with Gasteiger partial charge in [-0.05, 0) is 44.2 Å². The molecule has 1 nitrogen and oxygen atoms in total. The van der Waals surface area contributed by atoms with E-state index in [2.05, 4.69) is 21.2 Å². The lowest BCUT2D eigenvalue weighted by molar-refractivity contribution is 0.200. The first kappa shape index (κ1) is 9.29. The van der Waals surface area contributed by atoms with Gasteiger partial charge in [-0.1, -0.05) is 15.9 Å². The summed E-state index contributed by atoms with van der Waals surface area (Å²) in [6, 6.07) is 0. The van der Waals surface area contributed by atoms with E-state index >= 15 is 0 Å². The molecule has 0 spiro atoms. The number of piperidine rings is 1. The number of hydrogen-bond acceptors (Lipinski definition) is 1. The van der Waals surface area contributed by atoms with E-state index < -0.39 is 0 Å². The average Bonchev–Trinajstić information content (AvgIpc) is 2.12. The van der Waals surface area contributed by atoms with Crippen molar-refractivity contribution in [1.82, 2.24) is 5.32 Å². The van der Waals surface area contributed by atoms with Crippen molar-refractivity contribution in [2.45, 2.75) is 29.5 Å². The van der Waals surface area contributed by atoms with Crippen LogP contribution in [0.4, 0.5) is 0 Å². The molecule has 1 aliphatic carbocycles. The van der Waals surface area contributed by atoms with Gasteiger partial charge in [-0.15, -0.1) is 11.6 Å². The van der Waals surface area contributed by atoms with E-state index in [1.807, 2.05) is 0 Å². The average molecular weight is 253 g/mol. The fourth-order valence-corrected chi connectivity index (χ4v) is 3.82. The third-order valence-electron chi connectivity index (χ3n) is 3.23. The van der Waals surface area contributed by atoms with Gasteiger partial charge in [0.1, 0.15) is 0 Å². The molecule has 1 aliphatic heterocycles. The van der Waals surface area contributed by atoms with Crippen LogP contribution >= 0.6 is 27.5 Å². The van der Waals surface area contributed by atoms with Crippen molar-refractivity contribution in [3.05, 3.63) is 0 Å². The largest absolute Gasteiger partial charge is 0.316 e. The van der Waals surface area contributed by atoms with Crippen LogP contribution < -0.4 is 5.32 Å². The van der Waals surface area contributed by atoms with Crippen molar-refractivity contribution in [1.29, 1.82) is 0 Å². The molecule has 4 atom stereocenters. The molecule has 0 amide bonds. The summed E-state index contributed by atoms with van der Waals surface area (Å²) in [4.78, 5) is 0.722. The summed E-state index contributed by atoms with van der Waals surface area (Å²) in [5.74, 6) is 1.53. The highest BCUT2D eigenvalue weighted by atomic mass is 79.9. The fraction of sp³-hybridized carbons (Fsp3) is 1.00. The normalized spacial score (nSPS) is 48.5. The predicted molar refractivity (Wildman–Crippen MR) is 56.1 cm³/mol. The zero-order valence-corrected chi connectivity index (χ0v) is 9.44. The Balaban J connectivity index is 2.05. The van der Waals surface area contributed by atoms with Crippen molar-refractivity contribution < 1.29 is 0 Å². The van der Waals surface area contributed by atoms with Crippen LogP contribution in [0.25, 0.3) is 0 Å². The van der Waals surface area contributed by atoms with E-state index in [0.717, 1.165) is 17.3 Å². The second kappa shape index (κ2) is 3.85. The standard InChI is InChI=1S/C9H15BrClN/c10-8-1-2-9(11)7-5-12-4-3-6(7)8/h6-9,12H,1-5H2. The molecule has 2 rings (SSSR count). The Hall–Kier alpha value is 0.730. The molecule has 70 valence electrons. The van der Waals surface area contributed by atoms with Gasteiger partial charge in [-0.25, -0.2) is 0 Å². The molecule has 1 saturated heterocycles. The molecule has 0 radical (unpaired) electrons. The molecule has 0 aromatic heterocycles. The van der Waals surface area contributed by atoms with Gasteiger partial charge in [0.05, 0.1) is 0 Å². The highest BCUT2D eigenvalue weighted by Gasteiger charge is 2.38. The van der Waals surface area contributed by atoms with Crippen LogP contribution in [0, 0.1) is 11.8 Å². The number of halogens is 2. The summed E-state index contributed by atoms with van der Waals surface area (Å²) in [5.41, 5.74) is 0. The molecule has 12 heavy (non-hydrogen) atoms. The van der Waals surface area contributed by atoms with Gasteiger partial charge in [-0.2, -0.15) is 0 Å². The van der Waals surface area contributed by atoms with Gasteiger partial charge in [0, 0.05) is 10.2 Å². The number of hydrogen-bond donors (Lipinski definition) is 1. The Morgan fingerprint density at radius 3 is 2.75 bits per heavy atom. The van der Waals surface area contributed by atoms with E-state index in [0.29, 0.717) is 11.3 Å². The van der Waals surface area contributed by atoms with E-state index in [1.54, 1.807) is 0 Å². The summed E-state index contributed by atoms with van der Waals surface area (Å²) in [6.07, 6.45) is 3.74. The molecule has 0 aromatic rings. The van der Waals surface area contributed by atoms with Crippen LogP contribution in [-0.4, -0.2) is 23.3 Å². The maximum Gasteiger partial charge on any atom is 0.0379 e. The first-order valence-corrected chi connectivity index (χ1v) is 6.13. The number of alkyl halides is 2. The maximum absolute atomic E-state index is 6.29. The highest BCUT2D eigenvalue weighted by Crippen LogP contribution is 2.40. The Morgan fingerprint density at radius 2 is 2.00 bits per heavy atom. The molecule has 1 saturated carbocycles. The summed E-state index contributed by atoms with van der Waals surface area (Å²) in [7, 11) is 0. The molecular weight excluding hydrogens is 237 g/mol. The van der Waals surface area contributed by atoms with Gasteiger partial charge < -0.3 is 5.32 Å². The number of fused-ring (bicyclic) bond motifs is 1. The Labute approximate surface area is 87.4 Å². The summed E-state index contributed by atoms with van der Waals surface area (Å²) < 4.78 is 0. The van der Waals surface area contributed by atoms with E-state index in [-0.39, 0.29) is 0 Å². The predicted octanol–water partition coefficient (Wildman–Crippen LogP) is 2.38. The lowest BCUT2D eigenvalue weighted by Crippen LogP contribution is -2.47. The highest BCUT2D eigenvalue weighted by molar-refractivity contribution is 9.09. The quantitative estimate of drug-likeness (QED) is 0.653. The molecule has 3 heteroatoms. The van der Waals surface area contributed by atoms with Gasteiger partial charge in [0.2, 0.25) is 0 Å². The topological polar surface area (TPSA) is 12.0 Å². The van der Waals surface area contributed by atoms with Gasteiger partial charge in [-0.3, -0.25) is 0 Å². The van der Waals surface area contributed by atoms with Crippen LogP contribution in [0.1, 0.15) is 19.3 Å². The molecule has 1 heterocycles. The first-order valence-electron chi connectivity index (χ1n) is 4.78. The SMILES string of the molecule is ClC1CCC(Br)C2CCNCC12. The lowest BCUT2D eigenvalue weighted by atomic mass is 9.75. The van der Waals surface area contributed by atoms with Crippen molar-refractivity contribution in [3.63, 3.8) is 0 Å². The van der Waals surface area contributed by atoms with Gasteiger partial charge in [0.15, 0.2) is 0 Å². The molecule has 4 unspecified atom stereocenters. The van der Waals surface area contributed by atoms with Crippen LogP contribution in [-0.2, 0) is 0 Å². The van der Waals surface area contributed by atoms with Gasteiger partial charge >= 0.3 is 0 Å². The van der Waals surface area contributed by atoms with Crippen molar-refractivity contribution in [2.24, 2.45) is 11.8 Å². The third-order valence-corrected chi connectivity index (χ3v) is 4.91. The summed E-state index contributed by atoms with van der Waals surface area (Å²) >= 11 is 10.1. The zero-order valence-electron chi connectivity index (χ0n) is 7.10. The zero-order chi connectivity index (χ0) is 8.55. The van der Waals surface area contributed by atoms with Gasteiger partial charge in [0.25, 0.3) is 0 Å². The third kappa shape index (κ3) is 1.66. The van der Waals surface area contributed by atoms with Crippen LogP contribution in [0.2, 0.25) is 0 Å². The molecule has 1 N–H and O–H groups in total. The van der Waals surface area contributed by atoms with Crippen LogP contribution in [0.15, 0.2) is 0 Å². The molecule has 0 aromatic carbocycles.